The number of pyridine rings is 1. The molecule has 0 bridgehead atoms. The molecule has 0 aromatic carbocycles. The van der Waals surface area contributed by atoms with Crippen molar-refractivity contribution in [3.8, 4) is 12.3 Å². The minimum Gasteiger partial charge on any atom is -0.365 e. The van der Waals surface area contributed by atoms with Gasteiger partial charge in [-0.3, -0.25) is 4.79 Å². The predicted octanol–water partition coefficient (Wildman–Crippen LogP) is 3.10. The molecule has 21 heavy (non-hydrogen) atoms. The average Bonchev–Trinajstić information content (AvgIpc) is 3.16. The van der Waals surface area contributed by atoms with Gasteiger partial charge in [0.05, 0.1) is 16.0 Å². The number of carbonyl (C=O) groups excluding carboxylic acids is 1. The molecule has 1 aromatic heterocycles. The molecule has 1 saturated carbocycles. The lowest BCUT2D eigenvalue weighted by molar-refractivity contribution is 0.0999. The molecular formula is C16H20ClN3O. The Kier molecular flexibility index (Phi) is 3.90. The maximum absolute atomic E-state index is 12.0. The summed E-state index contributed by atoms with van der Waals surface area (Å²) in [5, 5.41) is 3.66. The summed E-state index contributed by atoms with van der Waals surface area (Å²) in [6.07, 6.45) is 9.91. The summed E-state index contributed by atoms with van der Waals surface area (Å²) >= 11 is 6.28. The topological polar surface area (TPSA) is 68.0 Å². The van der Waals surface area contributed by atoms with E-state index in [1.165, 1.54) is 6.20 Å². The molecule has 2 rings (SSSR count). The van der Waals surface area contributed by atoms with Gasteiger partial charge in [-0.1, -0.05) is 24.4 Å². The Balaban J connectivity index is 2.65. The smallest absolute Gasteiger partial charge is 0.252 e. The summed E-state index contributed by atoms with van der Waals surface area (Å²) in [7, 11) is 0. The van der Waals surface area contributed by atoms with Gasteiger partial charge in [0.1, 0.15) is 5.82 Å². The maximum atomic E-state index is 12.0. The zero-order valence-electron chi connectivity index (χ0n) is 12.6. The molecular weight excluding hydrogens is 286 g/mol. The molecule has 0 spiro atoms. The van der Waals surface area contributed by atoms with Crippen LogP contribution in [-0.2, 0) is 5.41 Å². The second-order valence-electron chi connectivity index (χ2n) is 6.08. The minimum absolute atomic E-state index is 0.0267. The van der Waals surface area contributed by atoms with Gasteiger partial charge in [-0.05, 0) is 33.1 Å². The molecule has 1 aliphatic carbocycles. The molecule has 0 radical (unpaired) electrons. The number of carbonyl (C=O) groups is 1. The maximum Gasteiger partial charge on any atom is 0.252 e. The van der Waals surface area contributed by atoms with E-state index in [1.54, 1.807) is 0 Å². The highest BCUT2D eigenvalue weighted by molar-refractivity contribution is 6.32. The summed E-state index contributed by atoms with van der Waals surface area (Å²) < 4.78 is 0. The van der Waals surface area contributed by atoms with Crippen molar-refractivity contribution in [1.82, 2.24) is 4.98 Å². The molecule has 0 saturated heterocycles. The van der Waals surface area contributed by atoms with Crippen LogP contribution in [0.3, 0.4) is 0 Å². The monoisotopic (exact) mass is 305 g/mol. The van der Waals surface area contributed by atoms with Crippen LogP contribution in [0.1, 0.15) is 56.0 Å². The van der Waals surface area contributed by atoms with Crippen LogP contribution in [0.5, 0.6) is 0 Å². The van der Waals surface area contributed by atoms with E-state index < -0.39 is 11.3 Å². The Hall–Kier alpha value is -1.73. The number of anilines is 1. The van der Waals surface area contributed by atoms with Crippen LogP contribution in [0.15, 0.2) is 6.20 Å². The predicted molar refractivity (Wildman–Crippen MR) is 85.5 cm³/mol. The number of nitrogens with zero attached hydrogens (tertiary/aromatic N) is 1. The normalized spacial score (nSPS) is 18.4. The Bertz CT molecular complexity index is 631. The van der Waals surface area contributed by atoms with Crippen LogP contribution in [0.2, 0.25) is 5.02 Å². The number of nitrogens with two attached hydrogens (primary N) is 1. The number of primary amides is 1. The second kappa shape index (κ2) is 5.23. The molecule has 1 unspecified atom stereocenters. The van der Waals surface area contributed by atoms with Crippen molar-refractivity contribution in [1.29, 1.82) is 0 Å². The molecule has 1 heterocycles. The van der Waals surface area contributed by atoms with Crippen molar-refractivity contribution in [3.05, 3.63) is 22.3 Å². The van der Waals surface area contributed by atoms with Crippen LogP contribution in [0, 0.1) is 12.3 Å². The average molecular weight is 306 g/mol. The van der Waals surface area contributed by atoms with Crippen LogP contribution >= 0.6 is 11.6 Å². The minimum atomic E-state index is -0.661. The number of nitrogens with one attached hydrogen (secondary N) is 1. The zero-order valence-corrected chi connectivity index (χ0v) is 13.3. The van der Waals surface area contributed by atoms with Crippen molar-refractivity contribution in [3.63, 3.8) is 0 Å². The van der Waals surface area contributed by atoms with Crippen molar-refractivity contribution in [2.45, 2.75) is 51.0 Å². The highest BCUT2D eigenvalue weighted by atomic mass is 35.5. The van der Waals surface area contributed by atoms with Crippen LogP contribution in [0.25, 0.3) is 0 Å². The van der Waals surface area contributed by atoms with E-state index in [1.807, 2.05) is 13.8 Å². The van der Waals surface area contributed by atoms with E-state index in [9.17, 15) is 4.79 Å². The molecule has 5 heteroatoms. The standard InChI is InChI=1S/C16H20ClN3O/c1-5-15(3,6-2)12-10(17)9-19-14(11(12)13(18)21)20-16(4)7-8-16/h1,9H,6-8H2,2-4H3,(H2,18,21)(H,19,20). The highest BCUT2D eigenvalue weighted by Crippen LogP contribution is 2.42. The van der Waals surface area contributed by atoms with Gasteiger partial charge < -0.3 is 11.1 Å². The number of aromatic nitrogens is 1. The molecule has 0 aliphatic heterocycles. The molecule has 112 valence electrons. The summed E-state index contributed by atoms with van der Waals surface area (Å²) in [6, 6.07) is 0. The molecule has 1 amide bonds. The fourth-order valence-electron chi connectivity index (χ4n) is 2.31. The quantitative estimate of drug-likeness (QED) is 0.821. The number of rotatable bonds is 5. The molecule has 1 atom stereocenters. The second-order valence-corrected chi connectivity index (χ2v) is 6.49. The van der Waals surface area contributed by atoms with E-state index >= 15 is 0 Å². The lowest BCUT2D eigenvalue weighted by Crippen LogP contribution is -2.29. The van der Waals surface area contributed by atoms with E-state index in [0.29, 0.717) is 28.4 Å². The van der Waals surface area contributed by atoms with Gasteiger partial charge in [0.15, 0.2) is 0 Å². The fraction of sp³-hybridized carbons (Fsp3) is 0.500. The number of hydrogen-bond donors (Lipinski definition) is 2. The first kappa shape index (κ1) is 15.7. The third-order valence-corrected chi connectivity index (χ3v) is 4.56. The Labute approximate surface area is 130 Å². The SMILES string of the molecule is C#CC(C)(CC)c1c(Cl)cnc(NC2(C)CC2)c1C(N)=O. The van der Waals surface area contributed by atoms with Gasteiger partial charge in [-0.15, -0.1) is 6.42 Å². The number of halogens is 1. The third kappa shape index (κ3) is 2.84. The lowest BCUT2D eigenvalue weighted by atomic mass is 9.78. The summed E-state index contributed by atoms with van der Waals surface area (Å²) in [4.78, 5) is 16.2. The van der Waals surface area contributed by atoms with Crippen LogP contribution < -0.4 is 11.1 Å². The molecule has 1 aromatic rings. The van der Waals surface area contributed by atoms with Gasteiger partial charge in [-0.2, -0.15) is 0 Å². The number of terminal acetylenes is 1. The first-order valence-electron chi connectivity index (χ1n) is 7.01. The fourth-order valence-corrected chi connectivity index (χ4v) is 2.66. The summed E-state index contributed by atoms with van der Waals surface area (Å²) in [5.41, 5.74) is 5.79. The van der Waals surface area contributed by atoms with Gasteiger partial charge in [0.2, 0.25) is 0 Å². The number of amides is 1. The lowest BCUT2D eigenvalue weighted by Gasteiger charge is -2.27. The third-order valence-electron chi connectivity index (χ3n) is 4.28. The highest BCUT2D eigenvalue weighted by Gasteiger charge is 2.40. The van der Waals surface area contributed by atoms with Gasteiger partial charge >= 0.3 is 0 Å². The zero-order chi connectivity index (χ0) is 15.8. The first-order chi connectivity index (χ1) is 9.76. The van der Waals surface area contributed by atoms with Gasteiger partial charge in [0.25, 0.3) is 5.91 Å². The number of hydrogen-bond acceptors (Lipinski definition) is 3. The molecule has 3 N–H and O–H groups in total. The Morgan fingerprint density at radius 2 is 2.29 bits per heavy atom. The van der Waals surface area contributed by atoms with Crippen molar-refractivity contribution in [2.24, 2.45) is 5.73 Å². The van der Waals surface area contributed by atoms with E-state index in [0.717, 1.165) is 12.8 Å². The van der Waals surface area contributed by atoms with E-state index in [-0.39, 0.29) is 5.54 Å². The van der Waals surface area contributed by atoms with E-state index in [2.05, 4.69) is 23.1 Å². The van der Waals surface area contributed by atoms with Crippen LogP contribution in [0.4, 0.5) is 5.82 Å². The Morgan fingerprint density at radius 1 is 1.67 bits per heavy atom. The van der Waals surface area contributed by atoms with Crippen molar-refractivity contribution < 1.29 is 4.79 Å². The first-order valence-corrected chi connectivity index (χ1v) is 7.39. The molecule has 1 fully saturated rings. The molecule has 4 nitrogen and oxygen atoms in total. The van der Waals surface area contributed by atoms with Gasteiger partial charge in [0, 0.05) is 17.3 Å². The summed E-state index contributed by atoms with van der Waals surface area (Å²) in [5.74, 6) is 2.64. The largest absolute Gasteiger partial charge is 0.365 e. The Morgan fingerprint density at radius 3 is 2.71 bits per heavy atom. The summed E-state index contributed by atoms with van der Waals surface area (Å²) in [6.45, 7) is 5.91. The van der Waals surface area contributed by atoms with Gasteiger partial charge in [-0.25, -0.2) is 4.98 Å². The van der Waals surface area contributed by atoms with E-state index in [4.69, 9.17) is 23.8 Å². The molecule has 1 aliphatic rings. The van der Waals surface area contributed by atoms with Crippen molar-refractivity contribution >= 4 is 23.3 Å². The van der Waals surface area contributed by atoms with Crippen molar-refractivity contribution in [2.75, 3.05) is 5.32 Å². The van der Waals surface area contributed by atoms with Crippen LogP contribution in [-0.4, -0.2) is 16.4 Å².